The van der Waals surface area contributed by atoms with E-state index >= 15 is 0 Å². The molecule has 0 saturated heterocycles. The van der Waals surface area contributed by atoms with Crippen LogP contribution in [0.2, 0.25) is 0 Å². The van der Waals surface area contributed by atoms with Gasteiger partial charge in [-0.3, -0.25) is 4.79 Å². The van der Waals surface area contributed by atoms with Crippen molar-refractivity contribution in [1.82, 2.24) is 9.97 Å². The summed E-state index contributed by atoms with van der Waals surface area (Å²) in [5.74, 6) is 0.671. The number of aromatic nitrogens is 2. The zero-order chi connectivity index (χ0) is 17.9. The predicted molar refractivity (Wildman–Crippen MR) is 98.5 cm³/mol. The standard InChI is InChI=1S/C21H15FN2O2/c22-16-4-3-5-17(12-16)26-13-14-8-10-15(11-9-14)20-23-19-7-2-1-6-18(19)21(25)24-20/h1-12H,13H2,(H,23,24,25). The fourth-order valence-corrected chi connectivity index (χ4v) is 2.71. The Labute approximate surface area is 148 Å². The van der Waals surface area contributed by atoms with Crippen LogP contribution >= 0.6 is 0 Å². The number of benzene rings is 3. The molecule has 4 aromatic rings. The van der Waals surface area contributed by atoms with Crippen LogP contribution in [-0.2, 0) is 6.61 Å². The first-order valence-electron chi connectivity index (χ1n) is 8.16. The zero-order valence-electron chi connectivity index (χ0n) is 13.8. The number of para-hydroxylation sites is 1. The molecular weight excluding hydrogens is 331 g/mol. The Bertz CT molecular complexity index is 1120. The van der Waals surface area contributed by atoms with E-state index in [0.29, 0.717) is 29.1 Å². The van der Waals surface area contributed by atoms with Crippen LogP contribution in [0.4, 0.5) is 4.39 Å². The average molecular weight is 346 g/mol. The Morgan fingerprint density at radius 2 is 1.77 bits per heavy atom. The van der Waals surface area contributed by atoms with Crippen molar-refractivity contribution >= 4 is 10.9 Å². The van der Waals surface area contributed by atoms with Gasteiger partial charge in [-0.05, 0) is 29.8 Å². The molecule has 1 heterocycles. The largest absolute Gasteiger partial charge is 0.489 e. The van der Waals surface area contributed by atoms with E-state index in [0.717, 1.165) is 11.1 Å². The molecule has 3 aromatic carbocycles. The van der Waals surface area contributed by atoms with Gasteiger partial charge in [0.1, 0.15) is 24.0 Å². The number of fused-ring (bicyclic) bond motifs is 1. The van der Waals surface area contributed by atoms with E-state index in [2.05, 4.69) is 9.97 Å². The SMILES string of the molecule is O=c1[nH]c(-c2ccc(COc3cccc(F)c3)cc2)nc2ccccc12. The molecule has 0 atom stereocenters. The van der Waals surface area contributed by atoms with Gasteiger partial charge in [-0.15, -0.1) is 0 Å². The van der Waals surface area contributed by atoms with Crippen molar-refractivity contribution in [3.8, 4) is 17.1 Å². The van der Waals surface area contributed by atoms with Crippen LogP contribution < -0.4 is 10.3 Å². The summed E-state index contributed by atoms with van der Waals surface area (Å²) in [6, 6.07) is 20.8. The number of ether oxygens (including phenoxy) is 1. The average Bonchev–Trinajstić information content (AvgIpc) is 2.67. The minimum absolute atomic E-state index is 0.163. The molecule has 0 aliphatic heterocycles. The fraction of sp³-hybridized carbons (Fsp3) is 0.0476. The third-order valence-electron chi connectivity index (χ3n) is 4.04. The van der Waals surface area contributed by atoms with Crippen LogP contribution in [0.15, 0.2) is 77.6 Å². The molecule has 4 nitrogen and oxygen atoms in total. The van der Waals surface area contributed by atoms with Crippen LogP contribution in [0, 0.1) is 5.82 Å². The molecule has 1 aromatic heterocycles. The molecule has 26 heavy (non-hydrogen) atoms. The molecule has 0 bridgehead atoms. The van der Waals surface area contributed by atoms with Crippen LogP contribution in [-0.4, -0.2) is 9.97 Å². The number of nitrogens with one attached hydrogen (secondary N) is 1. The lowest BCUT2D eigenvalue weighted by Crippen LogP contribution is -2.09. The number of aromatic amines is 1. The van der Waals surface area contributed by atoms with Gasteiger partial charge in [-0.2, -0.15) is 0 Å². The lowest BCUT2D eigenvalue weighted by molar-refractivity contribution is 0.304. The molecule has 0 spiro atoms. The Kier molecular flexibility index (Phi) is 4.19. The second kappa shape index (κ2) is 6.80. The van der Waals surface area contributed by atoms with E-state index in [1.165, 1.54) is 12.1 Å². The summed E-state index contributed by atoms with van der Waals surface area (Å²) < 4.78 is 18.7. The van der Waals surface area contributed by atoms with Crippen molar-refractivity contribution in [3.05, 3.63) is 94.5 Å². The highest BCUT2D eigenvalue weighted by molar-refractivity contribution is 5.79. The van der Waals surface area contributed by atoms with Gasteiger partial charge in [0.15, 0.2) is 0 Å². The van der Waals surface area contributed by atoms with E-state index in [1.807, 2.05) is 42.5 Å². The first-order valence-corrected chi connectivity index (χ1v) is 8.16. The van der Waals surface area contributed by atoms with Gasteiger partial charge >= 0.3 is 0 Å². The van der Waals surface area contributed by atoms with Crippen LogP contribution in [0.5, 0.6) is 5.75 Å². The minimum atomic E-state index is -0.329. The third-order valence-corrected chi connectivity index (χ3v) is 4.04. The van der Waals surface area contributed by atoms with Crippen molar-refractivity contribution in [1.29, 1.82) is 0 Å². The summed E-state index contributed by atoms with van der Waals surface area (Å²) in [7, 11) is 0. The highest BCUT2D eigenvalue weighted by Gasteiger charge is 2.06. The van der Waals surface area contributed by atoms with Gasteiger partial charge in [0.2, 0.25) is 0 Å². The molecule has 1 N–H and O–H groups in total. The van der Waals surface area contributed by atoms with Gasteiger partial charge in [0, 0.05) is 11.6 Å². The van der Waals surface area contributed by atoms with Crippen LogP contribution in [0.1, 0.15) is 5.56 Å². The maximum absolute atomic E-state index is 13.2. The molecule has 4 rings (SSSR count). The summed E-state index contributed by atoms with van der Waals surface area (Å²) in [6.45, 7) is 0.325. The summed E-state index contributed by atoms with van der Waals surface area (Å²) in [5, 5.41) is 0.566. The number of rotatable bonds is 4. The van der Waals surface area contributed by atoms with Crippen LogP contribution in [0.25, 0.3) is 22.3 Å². The molecule has 0 aliphatic rings. The van der Waals surface area contributed by atoms with Crippen molar-refractivity contribution in [2.45, 2.75) is 6.61 Å². The third kappa shape index (κ3) is 3.32. The van der Waals surface area contributed by atoms with Crippen LogP contribution in [0.3, 0.4) is 0 Å². The molecule has 128 valence electrons. The van der Waals surface area contributed by atoms with E-state index in [4.69, 9.17) is 4.74 Å². The topological polar surface area (TPSA) is 55.0 Å². The molecule has 0 aliphatic carbocycles. The Hall–Kier alpha value is -3.47. The van der Waals surface area contributed by atoms with E-state index < -0.39 is 0 Å². The second-order valence-corrected chi connectivity index (χ2v) is 5.87. The van der Waals surface area contributed by atoms with Gasteiger partial charge in [0.05, 0.1) is 10.9 Å². The zero-order valence-corrected chi connectivity index (χ0v) is 13.8. The number of nitrogens with zero attached hydrogens (tertiary/aromatic N) is 1. The van der Waals surface area contributed by atoms with E-state index in [9.17, 15) is 9.18 Å². The number of halogens is 1. The van der Waals surface area contributed by atoms with E-state index in [1.54, 1.807) is 18.2 Å². The molecular formula is C21H15FN2O2. The molecule has 0 amide bonds. The van der Waals surface area contributed by atoms with Gasteiger partial charge in [-0.1, -0.05) is 42.5 Å². The van der Waals surface area contributed by atoms with E-state index in [-0.39, 0.29) is 11.4 Å². The van der Waals surface area contributed by atoms with Crippen molar-refractivity contribution in [3.63, 3.8) is 0 Å². The Balaban J connectivity index is 1.55. The van der Waals surface area contributed by atoms with Crippen molar-refractivity contribution < 1.29 is 9.13 Å². The van der Waals surface area contributed by atoms with Crippen molar-refractivity contribution in [2.75, 3.05) is 0 Å². The summed E-state index contributed by atoms with van der Waals surface area (Å²) in [4.78, 5) is 19.5. The number of H-pyrrole nitrogens is 1. The summed E-state index contributed by atoms with van der Waals surface area (Å²) >= 11 is 0. The lowest BCUT2D eigenvalue weighted by atomic mass is 10.1. The monoisotopic (exact) mass is 346 g/mol. The highest BCUT2D eigenvalue weighted by Crippen LogP contribution is 2.19. The second-order valence-electron chi connectivity index (χ2n) is 5.87. The Morgan fingerprint density at radius 1 is 0.962 bits per heavy atom. The first-order chi connectivity index (χ1) is 12.7. The molecule has 0 unspecified atom stereocenters. The normalized spacial score (nSPS) is 10.8. The molecule has 0 saturated carbocycles. The van der Waals surface area contributed by atoms with Gasteiger partial charge in [0.25, 0.3) is 5.56 Å². The first kappa shape index (κ1) is 16.0. The number of hydrogen-bond acceptors (Lipinski definition) is 3. The lowest BCUT2D eigenvalue weighted by Gasteiger charge is -2.07. The predicted octanol–water partition coefficient (Wildman–Crippen LogP) is 4.31. The Morgan fingerprint density at radius 3 is 2.58 bits per heavy atom. The smallest absolute Gasteiger partial charge is 0.259 e. The molecule has 0 fully saturated rings. The van der Waals surface area contributed by atoms with Crippen molar-refractivity contribution in [2.24, 2.45) is 0 Å². The van der Waals surface area contributed by atoms with Gasteiger partial charge < -0.3 is 9.72 Å². The molecule has 0 radical (unpaired) electrons. The minimum Gasteiger partial charge on any atom is -0.489 e. The summed E-state index contributed by atoms with van der Waals surface area (Å²) in [6.07, 6.45) is 0. The van der Waals surface area contributed by atoms with Gasteiger partial charge in [-0.25, -0.2) is 9.37 Å². The fourth-order valence-electron chi connectivity index (χ4n) is 2.71. The quantitative estimate of drug-likeness (QED) is 0.599. The maximum atomic E-state index is 13.2. The highest BCUT2D eigenvalue weighted by atomic mass is 19.1. The number of hydrogen-bond donors (Lipinski definition) is 1. The summed E-state index contributed by atoms with van der Waals surface area (Å²) in [5.41, 5.74) is 2.23. The molecule has 5 heteroatoms. The maximum Gasteiger partial charge on any atom is 0.259 e.